The number of esters is 1. The molecule has 3 heteroatoms. The molecule has 0 unspecified atom stereocenters. The predicted octanol–water partition coefficient (Wildman–Crippen LogP) is 6.82. The van der Waals surface area contributed by atoms with Gasteiger partial charge in [0.1, 0.15) is 11.3 Å². The standard InChI is InChI=1S/C27H30O3/c1-7-30-26(29)24-15-19(9-13-25(24)28)23-16-20(27(4,5)6)10-12-22(23)21-11-8-17(2)14-18(21)3/h8-16,28H,7H2,1-6H3. The molecule has 3 nitrogen and oxygen atoms in total. The number of hydrogen-bond acceptors (Lipinski definition) is 3. The van der Waals surface area contributed by atoms with Crippen LogP contribution in [0.5, 0.6) is 5.75 Å². The summed E-state index contributed by atoms with van der Waals surface area (Å²) in [6.07, 6.45) is 0. The zero-order chi connectivity index (χ0) is 22.1. The highest BCUT2D eigenvalue weighted by molar-refractivity contribution is 5.95. The second kappa shape index (κ2) is 8.35. The number of hydrogen-bond donors (Lipinski definition) is 1. The molecule has 0 bridgehead atoms. The Morgan fingerprint density at radius 1 is 0.900 bits per heavy atom. The van der Waals surface area contributed by atoms with E-state index in [1.807, 2.05) is 6.07 Å². The Hall–Kier alpha value is -3.07. The fourth-order valence-corrected chi connectivity index (χ4v) is 3.68. The van der Waals surface area contributed by atoms with E-state index in [0.717, 1.165) is 22.3 Å². The van der Waals surface area contributed by atoms with Crippen LogP contribution in [0.25, 0.3) is 22.3 Å². The highest BCUT2D eigenvalue weighted by Gasteiger charge is 2.20. The molecule has 156 valence electrons. The van der Waals surface area contributed by atoms with Gasteiger partial charge in [-0.05, 0) is 71.7 Å². The number of aryl methyl sites for hydroxylation is 2. The molecule has 0 aliphatic rings. The average molecular weight is 403 g/mol. The van der Waals surface area contributed by atoms with Gasteiger partial charge in [-0.25, -0.2) is 4.79 Å². The summed E-state index contributed by atoms with van der Waals surface area (Å²) in [7, 11) is 0. The summed E-state index contributed by atoms with van der Waals surface area (Å²) in [5, 5.41) is 10.2. The Morgan fingerprint density at radius 2 is 1.60 bits per heavy atom. The molecule has 1 N–H and O–H groups in total. The minimum Gasteiger partial charge on any atom is -0.507 e. The maximum Gasteiger partial charge on any atom is 0.341 e. The first-order valence-electron chi connectivity index (χ1n) is 10.3. The van der Waals surface area contributed by atoms with Gasteiger partial charge in [0.05, 0.1) is 6.61 Å². The first kappa shape index (κ1) is 21.6. The van der Waals surface area contributed by atoms with Gasteiger partial charge < -0.3 is 9.84 Å². The Labute approximate surface area is 179 Å². The van der Waals surface area contributed by atoms with Crippen molar-refractivity contribution in [1.82, 2.24) is 0 Å². The lowest BCUT2D eigenvalue weighted by Crippen LogP contribution is -2.11. The highest BCUT2D eigenvalue weighted by Crippen LogP contribution is 2.38. The lowest BCUT2D eigenvalue weighted by Gasteiger charge is -2.22. The van der Waals surface area contributed by atoms with E-state index in [1.165, 1.54) is 16.7 Å². The first-order valence-corrected chi connectivity index (χ1v) is 10.3. The van der Waals surface area contributed by atoms with Crippen LogP contribution in [0.4, 0.5) is 0 Å². The molecule has 0 spiro atoms. The number of ether oxygens (including phenoxy) is 1. The topological polar surface area (TPSA) is 46.5 Å². The van der Waals surface area contributed by atoms with Crippen LogP contribution >= 0.6 is 0 Å². The molecule has 0 amide bonds. The van der Waals surface area contributed by atoms with Crippen LogP contribution in [-0.2, 0) is 10.2 Å². The normalized spacial score (nSPS) is 11.4. The van der Waals surface area contributed by atoms with Crippen molar-refractivity contribution < 1.29 is 14.6 Å². The van der Waals surface area contributed by atoms with Crippen LogP contribution in [0.1, 0.15) is 54.7 Å². The number of carbonyl (C=O) groups excluding carboxylic acids is 1. The van der Waals surface area contributed by atoms with Crippen molar-refractivity contribution in [2.45, 2.75) is 47.0 Å². The molecule has 3 rings (SSSR count). The minimum absolute atomic E-state index is 0.0174. The van der Waals surface area contributed by atoms with Gasteiger partial charge in [-0.2, -0.15) is 0 Å². The number of phenolic OH excluding ortho intramolecular Hbond substituents is 1. The number of aromatic hydroxyl groups is 1. The van der Waals surface area contributed by atoms with Gasteiger partial charge in [0.15, 0.2) is 0 Å². The van der Waals surface area contributed by atoms with Gasteiger partial charge in [0, 0.05) is 0 Å². The molecular formula is C27H30O3. The van der Waals surface area contributed by atoms with E-state index >= 15 is 0 Å². The maximum atomic E-state index is 12.3. The number of benzene rings is 3. The van der Waals surface area contributed by atoms with Crippen molar-refractivity contribution in [2.75, 3.05) is 6.61 Å². The van der Waals surface area contributed by atoms with Crippen molar-refractivity contribution in [2.24, 2.45) is 0 Å². The number of rotatable bonds is 4. The largest absolute Gasteiger partial charge is 0.507 e. The second-order valence-electron chi connectivity index (χ2n) is 8.78. The number of carbonyl (C=O) groups is 1. The summed E-state index contributed by atoms with van der Waals surface area (Å²) < 4.78 is 5.13. The SMILES string of the molecule is CCOC(=O)c1cc(-c2cc(C(C)(C)C)ccc2-c2ccc(C)cc2C)ccc1O. The van der Waals surface area contributed by atoms with Crippen molar-refractivity contribution in [3.63, 3.8) is 0 Å². The fourth-order valence-electron chi connectivity index (χ4n) is 3.68. The Kier molecular flexibility index (Phi) is 6.02. The quantitative estimate of drug-likeness (QED) is 0.487. The lowest BCUT2D eigenvalue weighted by atomic mass is 9.82. The zero-order valence-electron chi connectivity index (χ0n) is 18.7. The molecule has 0 aliphatic heterocycles. The van der Waals surface area contributed by atoms with Gasteiger partial charge in [-0.3, -0.25) is 0 Å². The van der Waals surface area contributed by atoms with Crippen LogP contribution in [0.15, 0.2) is 54.6 Å². The van der Waals surface area contributed by atoms with E-state index in [1.54, 1.807) is 19.1 Å². The van der Waals surface area contributed by atoms with Crippen molar-refractivity contribution in [1.29, 1.82) is 0 Å². The monoisotopic (exact) mass is 402 g/mol. The van der Waals surface area contributed by atoms with Crippen molar-refractivity contribution in [3.8, 4) is 28.0 Å². The fraction of sp³-hybridized carbons (Fsp3) is 0.296. The van der Waals surface area contributed by atoms with Crippen LogP contribution in [0.3, 0.4) is 0 Å². The molecule has 0 aromatic heterocycles. The van der Waals surface area contributed by atoms with Crippen molar-refractivity contribution in [3.05, 3.63) is 76.9 Å². The van der Waals surface area contributed by atoms with E-state index in [4.69, 9.17) is 4.74 Å². The molecular weight excluding hydrogens is 372 g/mol. The van der Waals surface area contributed by atoms with E-state index in [-0.39, 0.29) is 23.3 Å². The summed E-state index contributed by atoms with van der Waals surface area (Å²) >= 11 is 0. The average Bonchev–Trinajstić information content (AvgIpc) is 2.67. The summed E-state index contributed by atoms with van der Waals surface area (Å²) in [6.45, 7) is 12.8. The third kappa shape index (κ3) is 4.40. The molecule has 3 aromatic rings. The summed E-state index contributed by atoms with van der Waals surface area (Å²) in [4.78, 5) is 12.3. The summed E-state index contributed by atoms with van der Waals surface area (Å²) in [5.74, 6) is -0.589. The van der Waals surface area contributed by atoms with Crippen LogP contribution in [-0.4, -0.2) is 17.7 Å². The molecule has 0 radical (unpaired) electrons. The van der Waals surface area contributed by atoms with Gasteiger partial charge in [0.25, 0.3) is 0 Å². The zero-order valence-corrected chi connectivity index (χ0v) is 18.7. The third-order valence-electron chi connectivity index (χ3n) is 5.36. The van der Waals surface area contributed by atoms with Gasteiger partial charge in [0.2, 0.25) is 0 Å². The van der Waals surface area contributed by atoms with E-state index in [0.29, 0.717) is 0 Å². The molecule has 0 aliphatic carbocycles. The van der Waals surface area contributed by atoms with Crippen LogP contribution in [0.2, 0.25) is 0 Å². The summed E-state index contributed by atoms with van der Waals surface area (Å²) in [6, 6.07) is 18.1. The lowest BCUT2D eigenvalue weighted by molar-refractivity contribution is 0.0523. The smallest absolute Gasteiger partial charge is 0.341 e. The van der Waals surface area contributed by atoms with E-state index < -0.39 is 5.97 Å². The molecule has 3 aromatic carbocycles. The molecule has 0 saturated carbocycles. The first-order chi connectivity index (χ1) is 14.1. The highest BCUT2D eigenvalue weighted by atomic mass is 16.5. The minimum atomic E-state index is -0.517. The van der Waals surface area contributed by atoms with Crippen molar-refractivity contribution >= 4 is 5.97 Å². The third-order valence-corrected chi connectivity index (χ3v) is 5.36. The molecule has 30 heavy (non-hydrogen) atoms. The van der Waals surface area contributed by atoms with Gasteiger partial charge >= 0.3 is 5.97 Å². The van der Waals surface area contributed by atoms with Gasteiger partial charge in [-0.15, -0.1) is 0 Å². The number of phenols is 1. The van der Waals surface area contributed by atoms with Crippen LogP contribution < -0.4 is 0 Å². The van der Waals surface area contributed by atoms with E-state index in [9.17, 15) is 9.90 Å². The van der Waals surface area contributed by atoms with Gasteiger partial charge in [-0.1, -0.05) is 68.8 Å². The Balaban J connectivity index is 2.26. The molecule has 0 atom stereocenters. The second-order valence-corrected chi connectivity index (χ2v) is 8.78. The molecule has 0 fully saturated rings. The molecule has 0 heterocycles. The predicted molar refractivity (Wildman–Crippen MR) is 123 cm³/mol. The molecule has 0 saturated heterocycles. The Bertz CT molecular complexity index is 1090. The van der Waals surface area contributed by atoms with E-state index in [2.05, 4.69) is 71.0 Å². The Morgan fingerprint density at radius 3 is 2.23 bits per heavy atom. The van der Waals surface area contributed by atoms with Crippen LogP contribution in [0, 0.1) is 13.8 Å². The summed E-state index contributed by atoms with van der Waals surface area (Å²) in [5.41, 5.74) is 7.94. The maximum absolute atomic E-state index is 12.3.